The first kappa shape index (κ1) is 15.9. The average Bonchev–Trinajstić information content (AvgIpc) is 3.10. The number of nitrogens with one attached hydrogen (secondary N) is 2. The lowest BCUT2D eigenvalue weighted by atomic mass is 10.3. The molecule has 1 aliphatic carbocycles. The molecule has 0 unspecified atom stereocenters. The fraction of sp³-hybridized carbons (Fsp3) is 0.692. The van der Waals surface area contributed by atoms with Gasteiger partial charge in [-0.25, -0.2) is 13.1 Å². The highest BCUT2D eigenvalue weighted by Gasteiger charge is 2.20. The zero-order chi connectivity index (χ0) is 14.4. The molecule has 0 saturated heterocycles. The Labute approximate surface area is 124 Å². The molecule has 0 aliphatic heterocycles. The molecule has 1 aliphatic rings. The molecule has 1 aromatic heterocycles. The Hall–Kier alpha value is -0.470. The molecule has 0 atom stereocenters. The minimum atomic E-state index is -3.36. The van der Waals surface area contributed by atoms with Crippen molar-refractivity contribution >= 4 is 21.4 Å². The van der Waals surface area contributed by atoms with Crippen molar-refractivity contribution in [2.24, 2.45) is 0 Å². The largest absolute Gasteiger partial charge is 0.385 e. The number of sulfonamides is 1. The van der Waals surface area contributed by atoms with E-state index in [4.69, 9.17) is 4.74 Å². The van der Waals surface area contributed by atoms with Gasteiger partial charge < -0.3 is 10.1 Å². The van der Waals surface area contributed by atoms with Crippen molar-refractivity contribution in [1.29, 1.82) is 0 Å². The van der Waals surface area contributed by atoms with Gasteiger partial charge in [0.25, 0.3) is 0 Å². The summed E-state index contributed by atoms with van der Waals surface area (Å²) in [6, 6.07) is 4.29. The minimum Gasteiger partial charge on any atom is -0.385 e. The van der Waals surface area contributed by atoms with E-state index in [0.717, 1.165) is 17.8 Å². The Balaban J connectivity index is 1.79. The van der Waals surface area contributed by atoms with Crippen LogP contribution in [0.1, 0.15) is 24.1 Å². The van der Waals surface area contributed by atoms with Gasteiger partial charge >= 0.3 is 0 Å². The maximum atomic E-state index is 12.0. The quantitative estimate of drug-likeness (QED) is 0.639. The van der Waals surface area contributed by atoms with Crippen LogP contribution in [0, 0.1) is 0 Å². The number of rotatable bonds is 10. The van der Waals surface area contributed by atoms with E-state index in [1.807, 2.05) is 6.07 Å². The lowest BCUT2D eigenvalue weighted by molar-refractivity contribution is 0.196. The molecule has 1 aromatic rings. The zero-order valence-corrected chi connectivity index (χ0v) is 13.4. The molecular weight excluding hydrogens is 296 g/mol. The molecule has 0 amide bonds. The molecule has 0 bridgehead atoms. The molecule has 1 saturated carbocycles. The van der Waals surface area contributed by atoms with Gasteiger partial charge in [0.05, 0.1) is 0 Å². The normalized spacial score (nSPS) is 15.7. The maximum absolute atomic E-state index is 12.0. The van der Waals surface area contributed by atoms with Crippen molar-refractivity contribution < 1.29 is 13.2 Å². The molecule has 7 heteroatoms. The van der Waals surface area contributed by atoms with E-state index < -0.39 is 10.0 Å². The number of hydrogen-bond acceptors (Lipinski definition) is 5. The van der Waals surface area contributed by atoms with Crippen LogP contribution in [0.3, 0.4) is 0 Å². The highest BCUT2D eigenvalue weighted by Crippen LogP contribution is 2.22. The topological polar surface area (TPSA) is 67.4 Å². The highest BCUT2D eigenvalue weighted by atomic mass is 32.2. The van der Waals surface area contributed by atoms with Crippen molar-refractivity contribution in [2.45, 2.75) is 35.9 Å². The molecule has 114 valence electrons. The Morgan fingerprint density at radius 2 is 2.15 bits per heavy atom. The summed E-state index contributed by atoms with van der Waals surface area (Å²) >= 11 is 1.35. The van der Waals surface area contributed by atoms with Crippen LogP contribution in [0.4, 0.5) is 0 Å². The molecule has 0 aromatic carbocycles. The summed E-state index contributed by atoms with van der Waals surface area (Å²) in [7, 11) is -1.75. The van der Waals surface area contributed by atoms with Crippen LogP contribution < -0.4 is 10.0 Å². The van der Waals surface area contributed by atoms with Crippen molar-refractivity contribution in [3.63, 3.8) is 0 Å². The molecule has 5 nitrogen and oxygen atoms in total. The van der Waals surface area contributed by atoms with Crippen molar-refractivity contribution in [1.82, 2.24) is 10.0 Å². The van der Waals surface area contributed by atoms with Crippen molar-refractivity contribution in [2.75, 3.05) is 26.8 Å². The summed E-state index contributed by atoms with van der Waals surface area (Å²) in [6.07, 6.45) is 4.12. The van der Waals surface area contributed by atoms with E-state index in [2.05, 4.69) is 10.0 Å². The number of methoxy groups -OCH3 is 1. The van der Waals surface area contributed by atoms with E-state index in [1.54, 1.807) is 13.2 Å². The predicted octanol–water partition coefficient (Wildman–Crippen LogP) is 1.36. The summed E-state index contributed by atoms with van der Waals surface area (Å²) in [5, 5.41) is 3.43. The molecule has 1 heterocycles. The molecule has 2 N–H and O–H groups in total. The van der Waals surface area contributed by atoms with E-state index in [9.17, 15) is 8.42 Å². The van der Waals surface area contributed by atoms with Crippen LogP contribution in [0.5, 0.6) is 0 Å². The maximum Gasteiger partial charge on any atom is 0.250 e. The minimum absolute atomic E-state index is 0.399. The van der Waals surface area contributed by atoms with Gasteiger partial charge in [-0.3, -0.25) is 0 Å². The molecule has 20 heavy (non-hydrogen) atoms. The highest BCUT2D eigenvalue weighted by molar-refractivity contribution is 7.91. The summed E-state index contributed by atoms with van der Waals surface area (Å²) in [5.74, 6) is 0. The van der Waals surface area contributed by atoms with E-state index >= 15 is 0 Å². The summed E-state index contributed by atoms with van der Waals surface area (Å²) in [5.41, 5.74) is 0. The van der Waals surface area contributed by atoms with Crippen LogP contribution in [0.2, 0.25) is 0 Å². The zero-order valence-electron chi connectivity index (χ0n) is 11.7. The number of hydrogen-bond donors (Lipinski definition) is 2. The van der Waals surface area contributed by atoms with Gasteiger partial charge in [0.1, 0.15) is 4.21 Å². The van der Waals surface area contributed by atoms with Gasteiger partial charge in [0, 0.05) is 37.7 Å². The first-order valence-corrected chi connectivity index (χ1v) is 9.22. The monoisotopic (exact) mass is 318 g/mol. The third-order valence-corrected chi connectivity index (χ3v) is 6.20. The third kappa shape index (κ3) is 5.14. The SMILES string of the molecule is COCCCNS(=O)(=O)c1ccc(CCNC2CC2)s1. The van der Waals surface area contributed by atoms with Crippen LogP contribution in [0.25, 0.3) is 0 Å². The Morgan fingerprint density at radius 3 is 2.85 bits per heavy atom. The van der Waals surface area contributed by atoms with E-state index in [0.29, 0.717) is 29.8 Å². The first-order chi connectivity index (χ1) is 9.62. The predicted molar refractivity (Wildman–Crippen MR) is 80.7 cm³/mol. The van der Waals surface area contributed by atoms with Crippen LogP contribution in [-0.4, -0.2) is 41.3 Å². The smallest absolute Gasteiger partial charge is 0.250 e. The Bertz CT molecular complexity index is 509. The molecule has 0 radical (unpaired) electrons. The lowest BCUT2D eigenvalue weighted by Crippen LogP contribution is -2.24. The summed E-state index contributed by atoms with van der Waals surface area (Å²) < 4.78 is 32.0. The average molecular weight is 318 g/mol. The van der Waals surface area contributed by atoms with E-state index in [1.165, 1.54) is 24.2 Å². The fourth-order valence-corrected chi connectivity index (χ4v) is 4.29. The van der Waals surface area contributed by atoms with Crippen molar-refractivity contribution in [3.05, 3.63) is 17.0 Å². The van der Waals surface area contributed by atoms with Crippen LogP contribution >= 0.6 is 11.3 Å². The molecule has 0 spiro atoms. The fourth-order valence-electron chi connectivity index (χ4n) is 1.82. The second kappa shape index (κ2) is 7.51. The molecule has 1 fully saturated rings. The molecular formula is C13H22N2O3S2. The number of ether oxygens (including phenoxy) is 1. The Morgan fingerprint density at radius 1 is 1.35 bits per heavy atom. The standard InChI is InChI=1S/C13H22N2O3S2/c1-18-10-2-8-15-20(16,17)13-6-5-12(19-13)7-9-14-11-3-4-11/h5-6,11,14-15H,2-4,7-10H2,1H3. The van der Waals surface area contributed by atoms with Gasteiger partial charge in [-0.15, -0.1) is 11.3 Å². The van der Waals surface area contributed by atoms with Gasteiger partial charge in [0.15, 0.2) is 0 Å². The molecule has 2 rings (SSSR count). The van der Waals surface area contributed by atoms with Gasteiger partial charge in [-0.05, 0) is 37.8 Å². The lowest BCUT2D eigenvalue weighted by Gasteiger charge is -2.04. The van der Waals surface area contributed by atoms with Crippen LogP contribution in [-0.2, 0) is 21.2 Å². The van der Waals surface area contributed by atoms with Crippen LogP contribution in [0.15, 0.2) is 16.3 Å². The number of thiophene rings is 1. The van der Waals surface area contributed by atoms with Gasteiger partial charge in [-0.1, -0.05) is 0 Å². The second-order valence-electron chi connectivity index (χ2n) is 4.94. The summed E-state index contributed by atoms with van der Waals surface area (Å²) in [4.78, 5) is 1.11. The van der Waals surface area contributed by atoms with E-state index in [-0.39, 0.29) is 0 Å². The van der Waals surface area contributed by atoms with Gasteiger partial charge in [-0.2, -0.15) is 0 Å². The third-order valence-electron chi connectivity index (χ3n) is 3.10. The second-order valence-corrected chi connectivity index (χ2v) is 8.11. The van der Waals surface area contributed by atoms with Crippen molar-refractivity contribution in [3.8, 4) is 0 Å². The summed E-state index contributed by atoms with van der Waals surface area (Å²) in [6.45, 7) is 1.89. The first-order valence-electron chi connectivity index (χ1n) is 6.92. The Kier molecular flexibility index (Phi) is 5.98. The van der Waals surface area contributed by atoms with Gasteiger partial charge in [0.2, 0.25) is 10.0 Å².